The largest absolute Gasteiger partial charge is 0.456 e. The van der Waals surface area contributed by atoms with Crippen molar-refractivity contribution >= 4 is 60.5 Å². The van der Waals surface area contributed by atoms with Crippen LogP contribution in [0.1, 0.15) is 29.0 Å². The van der Waals surface area contributed by atoms with Crippen LogP contribution in [0, 0.1) is 0 Å². The molecule has 48 heavy (non-hydrogen) atoms. The van der Waals surface area contributed by atoms with Crippen LogP contribution in [0.2, 0.25) is 0 Å². The Kier molecular flexibility index (Phi) is 5.98. The first-order valence-corrected chi connectivity index (χ1v) is 16.1. The molecule has 10 rings (SSSR count). The molecule has 6 heteroatoms. The molecule has 0 saturated carbocycles. The number of amidine groups is 1. The highest BCUT2D eigenvalue weighted by atomic mass is 16.3. The minimum Gasteiger partial charge on any atom is -0.456 e. The molecule has 0 aliphatic carbocycles. The lowest BCUT2D eigenvalue weighted by molar-refractivity contribution is 0.409. The third kappa shape index (κ3) is 4.24. The van der Waals surface area contributed by atoms with E-state index < -0.39 is 0 Å². The Bertz CT molecular complexity index is 2710. The monoisotopic (exact) mass is 620 g/mol. The van der Waals surface area contributed by atoms with Gasteiger partial charge in [0, 0.05) is 39.5 Å². The Morgan fingerprint density at radius 3 is 2.06 bits per heavy atom. The maximum atomic E-state index is 6.27. The molecule has 0 bridgehead atoms. The van der Waals surface area contributed by atoms with Gasteiger partial charge in [0.2, 0.25) is 0 Å². The molecule has 2 atom stereocenters. The maximum absolute atomic E-state index is 6.27. The third-order valence-electron chi connectivity index (χ3n) is 9.44. The smallest absolute Gasteiger partial charge is 0.138 e. The second kappa shape index (κ2) is 10.7. The maximum Gasteiger partial charge on any atom is 0.138 e. The highest BCUT2D eigenvalue weighted by molar-refractivity contribution is 6.18. The average molecular weight is 621 g/mol. The van der Waals surface area contributed by atoms with Gasteiger partial charge in [-0.3, -0.25) is 10.3 Å². The first-order valence-electron chi connectivity index (χ1n) is 16.1. The summed E-state index contributed by atoms with van der Waals surface area (Å²) in [6.45, 7) is 0. The lowest BCUT2D eigenvalue weighted by atomic mass is 9.92. The highest BCUT2D eigenvalue weighted by Gasteiger charge is 2.28. The summed E-state index contributed by atoms with van der Waals surface area (Å²) in [5.41, 5.74) is 8.80. The lowest BCUT2D eigenvalue weighted by Crippen LogP contribution is -2.45. The molecule has 0 saturated heterocycles. The zero-order valence-corrected chi connectivity index (χ0v) is 25.7. The van der Waals surface area contributed by atoms with Gasteiger partial charge in [0.25, 0.3) is 0 Å². The van der Waals surface area contributed by atoms with Crippen molar-refractivity contribution in [3.8, 4) is 11.1 Å². The van der Waals surface area contributed by atoms with Crippen LogP contribution >= 0.6 is 0 Å². The van der Waals surface area contributed by atoms with E-state index in [1.54, 1.807) is 6.20 Å². The fraction of sp³-hybridized carbons (Fsp3) is 0.0476. The van der Waals surface area contributed by atoms with Crippen LogP contribution in [0.4, 0.5) is 0 Å². The van der Waals surface area contributed by atoms with Crippen molar-refractivity contribution in [2.75, 3.05) is 0 Å². The summed E-state index contributed by atoms with van der Waals surface area (Å²) in [5, 5.41) is 14.1. The van der Waals surface area contributed by atoms with Crippen molar-refractivity contribution in [2.45, 2.75) is 12.3 Å². The molecule has 2 unspecified atom stereocenters. The standard InChI is InChI=1S/C42H28N4O2/c1-2-10-25(11-3-1)40-44-41(46-42(45-40)31-16-9-19-37-39(31)30-14-6-7-17-34(30)47-37)27-22-26-12-4-5-13-28(26)32(23-27)29-15-8-18-36-38(29)33-24-43-21-20-35(33)48-36/h1-24,40-41,44H,(H,45,46). The van der Waals surface area contributed by atoms with E-state index in [0.29, 0.717) is 0 Å². The molecular formula is C42H28N4O2. The number of rotatable bonds is 4. The van der Waals surface area contributed by atoms with E-state index in [4.69, 9.17) is 13.8 Å². The van der Waals surface area contributed by atoms with Gasteiger partial charge in [-0.2, -0.15) is 0 Å². The fourth-order valence-electron chi connectivity index (χ4n) is 7.26. The molecule has 0 radical (unpaired) electrons. The van der Waals surface area contributed by atoms with Gasteiger partial charge < -0.3 is 14.2 Å². The van der Waals surface area contributed by atoms with Crippen LogP contribution < -0.4 is 10.6 Å². The van der Waals surface area contributed by atoms with Gasteiger partial charge in [0.05, 0.1) is 0 Å². The second-order valence-corrected chi connectivity index (χ2v) is 12.3. The lowest BCUT2D eigenvalue weighted by Gasteiger charge is -2.32. The quantitative estimate of drug-likeness (QED) is 0.205. The number of benzene rings is 6. The summed E-state index contributed by atoms with van der Waals surface area (Å²) in [5.74, 6) is 0.813. The number of aromatic nitrogens is 1. The van der Waals surface area contributed by atoms with Crippen molar-refractivity contribution in [2.24, 2.45) is 4.99 Å². The van der Waals surface area contributed by atoms with Gasteiger partial charge >= 0.3 is 0 Å². The Balaban J connectivity index is 1.20. The van der Waals surface area contributed by atoms with Crippen molar-refractivity contribution in [3.05, 3.63) is 163 Å². The summed E-state index contributed by atoms with van der Waals surface area (Å²) in [6, 6.07) is 46.2. The van der Waals surface area contributed by atoms with Crippen molar-refractivity contribution < 1.29 is 8.83 Å². The zero-order chi connectivity index (χ0) is 31.6. The van der Waals surface area contributed by atoms with Crippen molar-refractivity contribution in [1.82, 2.24) is 15.6 Å². The first kappa shape index (κ1) is 26.9. The second-order valence-electron chi connectivity index (χ2n) is 12.3. The topological polar surface area (TPSA) is 75.6 Å². The summed E-state index contributed by atoms with van der Waals surface area (Å²) in [7, 11) is 0. The van der Waals surface area contributed by atoms with E-state index in [1.807, 2.05) is 48.7 Å². The molecule has 0 spiro atoms. The van der Waals surface area contributed by atoms with Crippen LogP contribution in [-0.4, -0.2) is 10.8 Å². The summed E-state index contributed by atoms with van der Waals surface area (Å²) < 4.78 is 12.5. The summed E-state index contributed by atoms with van der Waals surface area (Å²) >= 11 is 0. The van der Waals surface area contributed by atoms with E-state index in [-0.39, 0.29) is 12.3 Å². The molecule has 4 heterocycles. The van der Waals surface area contributed by atoms with Gasteiger partial charge in [-0.1, -0.05) is 97.1 Å². The molecule has 2 N–H and O–H groups in total. The first-order chi connectivity index (χ1) is 23.8. The van der Waals surface area contributed by atoms with Crippen LogP contribution in [-0.2, 0) is 0 Å². The molecular weight excluding hydrogens is 592 g/mol. The minimum atomic E-state index is -0.342. The highest BCUT2D eigenvalue weighted by Crippen LogP contribution is 2.41. The van der Waals surface area contributed by atoms with Crippen LogP contribution in [0.3, 0.4) is 0 Å². The average Bonchev–Trinajstić information content (AvgIpc) is 3.73. The van der Waals surface area contributed by atoms with Crippen molar-refractivity contribution in [3.63, 3.8) is 0 Å². The number of nitrogens with one attached hydrogen (secondary N) is 2. The molecule has 6 aromatic carbocycles. The Hall–Kier alpha value is -6.24. The van der Waals surface area contributed by atoms with E-state index in [1.165, 1.54) is 5.39 Å². The van der Waals surface area contributed by atoms with Gasteiger partial charge in [0.1, 0.15) is 40.5 Å². The Morgan fingerprint density at radius 2 is 1.21 bits per heavy atom. The van der Waals surface area contributed by atoms with Gasteiger partial charge in [-0.25, -0.2) is 4.99 Å². The number of hydrogen-bond acceptors (Lipinski definition) is 6. The fourth-order valence-corrected chi connectivity index (χ4v) is 7.26. The number of fused-ring (bicyclic) bond motifs is 7. The number of nitrogens with zero attached hydrogens (tertiary/aromatic N) is 2. The Morgan fingerprint density at radius 1 is 0.521 bits per heavy atom. The normalized spacial score (nSPS) is 16.5. The van der Waals surface area contributed by atoms with Gasteiger partial charge in [0.15, 0.2) is 0 Å². The molecule has 0 fully saturated rings. The minimum absolute atomic E-state index is 0.181. The van der Waals surface area contributed by atoms with Gasteiger partial charge in [-0.05, 0) is 69.4 Å². The molecule has 3 aromatic heterocycles. The Labute approximate surface area is 275 Å². The SMILES string of the molecule is c1ccc(C2NC(c3cccc4oc5ccccc5c34)=NC(c3cc(-c4cccc5oc6ccncc6c45)c4ccccc4c3)N2)cc1. The number of aliphatic imine (C=N–C) groups is 1. The molecule has 6 nitrogen and oxygen atoms in total. The molecule has 228 valence electrons. The van der Waals surface area contributed by atoms with Crippen LogP contribution in [0.15, 0.2) is 160 Å². The predicted molar refractivity (Wildman–Crippen MR) is 193 cm³/mol. The van der Waals surface area contributed by atoms with Gasteiger partial charge in [-0.15, -0.1) is 0 Å². The molecule has 0 amide bonds. The van der Waals surface area contributed by atoms with E-state index in [9.17, 15) is 0 Å². The number of hydrogen-bond donors (Lipinski definition) is 2. The number of furan rings is 2. The third-order valence-corrected chi connectivity index (χ3v) is 9.44. The van der Waals surface area contributed by atoms with Crippen molar-refractivity contribution in [1.29, 1.82) is 0 Å². The van der Waals surface area contributed by atoms with Crippen LogP contribution in [0.25, 0.3) is 65.8 Å². The van der Waals surface area contributed by atoms with Crippen LogP contribution in [0.5, 0.6) is 0 Å². The number of pyridine rings is 1. The number of para-hydroxylation sites is 1. The van der Waals surface area contributed by atoms with E-state index in [0.717, 1.165) is 82.9 Å². The molecule has 1 aliphatic rings. The summed E-state index contributed by atoms with van der Waals surface area (Å²) in [6.07, 6.45) is 3.14. The molecule has 9 aromatic rings. The predicted octanol–water partition coefficient (Wildman–Crippen LogP) is 10.0. The van der Waals surface area contributed by atoms with E-state index in [2.05, 4.69) is 107 Å². The summed E-state index contributed by atoms with van der Waals surface area (Å²) in [4.78, 5) is 9.84. The zero-order valence-electron chi connectivity index (χ0n) is 25.7. The van der Waals surface area contributed by atoms with E-state index >= 15 is 0 Å². The molecule has 1 aliphatic heterocycles.